The second-order valence-corrected chi connectivity index (χ2v) is 12.3. The molecule has 4 heteroatoms. The number of aliphatic hydroxyl groups is 2. The van der Waals surface area contributed by atoms with Gasteiger partial charge in [-0.1, -0.05) is 18.6 Å². The summed E-state index contributed by atoms with van der Waals surface area (Å²) in [5, 5.41) is 21.9. The molecule has 5 aliphatic rings. The van der Waals surface area contributed by atoms with E-state index in [1.807, 2.05) is 0 Å². The van der Waals surface area contributed by atoms with Gasteiger partial charge in [0, 0.05) is 16.9 Å². The van der Waals surface area contributed by atoms with Crippen molar-refractivity contribution in [3.8, 4) is 0 Å². The van der Waals surface area contributed by atoms with Crippen molar-refractivity contribution >= 4 is 23.5 Å². The quantitative estimate of drug-likeness (QED) is 0.659. The molecule has 0 unspecified atom stereocenters. The maximum absolute atomic E-state index is 11.2. The van der Waals surface area contributed by atoms with Gasteiger partial charge in [0.25, 0.3) is 0 Å². The van der Waals surface area contributed by atoms with Crippen molar-refractivity contribution in [2.75, 3.05) is 11.5 Å². The van der Waals surface area contributed by atoms with Crippen molar-refractivity contribution in [2.24, 2.45) is 29.1 Å². The van der Waals surface area contributed by atoms with Crippen LogP contribution < -0.4 is 0 Å². The van der Waals surface area contributed by atoms with Crippen LogP contribution in [0, 0.1) is 29.1 Å². The Balaban J connectivity index is 1.46. The van der Waals surface area contributed by atoms with Crippen LogP contribution in [-0.4, -0.2) is 38.0 Å². The molecule has 3 saturated carbocycles. The molecule has 0 amide bonds. The van der Waals surface area contributed by atoms with E-state index >= 15 is 0 Å². The van der Waals surface area contributed by atoms with Gasteiger partial charge in [-0.3, -0.25) is 0 Å². The van der Waals surface area contributed by atoms with Crippen molar-refractivity contribution in [1.82, 2.24) is 0 Å². The maximum atomic E-state index is 11.2. The standard InChI is InChI=1S/C21H32O2S2/c1-2-20-12-17(22)19-14-7-8-21(24-9-10-25-21)11-13(14)3-4-15(19)16(20)5-6-18(20)23/h11,14-19,22-23H,2-10,12H2,1H3/t14-,15-,16-,17+,18-,19+,20-/m0/s1. The van der Waals surface area contributed by atoms with Crippen molar-refractivity contribution in [3.63, 3.8) is 0 Å². The number of hydrogen-bond donors (Lipinski definition) is 2. The molecule has 4 aliphatic carbocycles. The lowest BCUT2D eigenvalue weighted by Gasteiger charge is -2.57. The number of allylic oxidation sites excluding steroid dienone is 1. The first-order valence-corrected chi connectivity index (χ1v) is 12.4. The molecule has 0 bridgehead atoms. The minimum atomic E-state index is -0.208. The number of thioether (sulfide) groups is 2. The van der Waals surface area contributed by atoms with Crippen molar-refractivity contribution in [3.05, 3.63) is 11.6 Å². The zero-order chi connectivity index (χ0) is 17.2. The zero-order valence-electron chi connectivity index (χ0n) is 15.3. The Bertz CT molecular complexity index is 570. The van der Waals surface area contributed by atoms with Crippen molar-refractivity contribution in [1.29, 1.82) is 0 Å². The average Bonchev–Trinajstić information content (AvgIpc) is 3.20. The highest BCUT2D eigenvalue weighted by atomic mass is 32.2. The van der Waals surface area contributed by atoms with Crippen LogP contribution >= 0.6 is 23.5 Å². The van der Waals surface area contributed by atoms with Gasteiger partial charge >= 0.3 is 0 Å². The summed E-state index contributed by atoms with van der Waals surface area (Å²) in [6.45, 7) is 2.24. The van der Waals surface area contributed by atoms with Gasteiger partial charge in [-0.15, -0.1) is 23.5 Å². The number of rotatable bonds is 1. The predicted octanol–water partition coefficient (Wildman–Crippen LogP) is 4.46. The smallest absolute Gasteiger partial charge is 0.0794 e. The molecule has 0 aromatic rings. The third kappa shape index (κ3) is 2.46. The molecule has 4 fully saturated rings. The van der Waals surface area contributed by atoms with E-state index in [9.17, 15) is 10.2 Å². The Morgan fingerprint density at radius 2 is 1.92 bits per heavy atom. The van der Waals surface area contributed by atoms with E-state index in [1.54, 1.807) is 5.57 Å². The Kier molecular flexibility index (Phi) is 4.32. The lowest BCUT2D eigenvalue weighted by Crippen LogP contribution is -2.55. The van der Waals surface area contributed by atoms with Gasteiger partial charge in [-0.05, 0) is 75.0 Å². The Morgan fingerprint density at radius 3 is 2.68 bits per heavy atom. The summed E-state index contributed by atoms with van der Waals surface area (Å²) < 4.78 is 0.370. The first-order valence-electron chi connectivity index (χ1n) is 10.4. The zero-order valence-corrected chi connectivity index (χ0v) is 17.0. The number of hydrogen-bond acceptors (Lipinski definition) is 4. The number of aliphatic hydroxyl groups excluding tert-OH is 2. The summed E-state index contributed by atoms with van der Waals surface area (Å²) in [5.74, 6) is 4.96. The molecule has 1 saturated heterocycles. The van der Waals surface area contributed by atoms with E-state index in [2.05, 4.69) is 36.5 Å². The van der Waals surface area contributed by atoms with E-state index in [0.717, 1.165) is 19.3 Å². The molecule has 140 valence electrons. The minimum absolute atomic E-state index is 0.00878. The normalized spacial score (nSPS) is 50.9. The van der Waals surface area contributed by atoms with E-state index < -0.39 is 0 Å². The topological polar surface area (TPSA) is 40.5 Å². The molecular formula is C21H32O2S2. The lowest BCUT2D eigenvalue weighted by molar-refractivity contribution is -0.129. The van der Waals surface area contributed by atoms with Gasteiger partial charge < -0.3 is 10.2 Å². The maximum Gasteiger partial charge on any atom is 0.0794 e. The van der Waals surface area contributed by atoms with E-state index in [4.69, 9.17) is 0 Å². The largest absolute Gasteiger partial charge is 0.393 e. The van der Waals surface area contributed by atoms with Gasteiger partial charge in [0.05, 0.1) is 16.3 Å². The van der Waals surface area contributed by atoms with Crippen LogP contribution in [0.4, 0.5) is 0 Å². The Labute approximate surface area is 160 Å². The highest BCUT2D eigenvalue weighted by molar-refractivity contribution is 8.21. The fourth-order valence-electron chi connectivity index (χ4n) is 7.50. The summed E-state index contributed by atoms with van der Waals surface area (Å²) in [6, 6.07) is 0. The lowest BCUT2D eigenvalue weighted by atomic mass is 9.50. The van der Waals surface area contributed by atoms with Crippen molar-refractivity contribution in [2.45, 2.75) is 74.6 Å². The average molecular weight is 381 g/mol. The highest BCUT2D eigenvalue weighted by Crippen LogP contribution is 2.64. The molecule has 5 rings (SSSR count). The van der Waals surface area contributed by atoms with Gasteiger partial charge in [-0.2, -0.15) is 0 Å². The number of fused-ring (bicyclic) bond motifs is 5. The molecule has 0 aromatic carbocycles. The molecular weight excluding hydrogens is 348 g/mol. The molecule has 1 spiro atoms. The molecule has 2 nitrogen and oxygen atoms in total. The van der Waals surface area contributed by atoms with Crippen LogP contribution in [0.5, 0.6) is 0 Å². The van der Waals surface area contributed by atoms with E-state index in [0.29, 0.717) is 27.8 Å². The van der Waals surface area contributed by atoms with E-state index in [-0.39, 0.29) is 17.6 Å². The Hall–Kier alpha value is 0.360. The molecule has 0 aromatic heterocycles. The summed E-state index contributed by atoms with van der Waals surface area (Å²) in [5.41, 5.74) is 1.69. The summed E-state index contributed by atoms with van der Waals surface area (Å²) in [7, 11) is 0. The molecule has 0 radical (unpaired) electrons. The molecule has 7 atom stereocenters. The van der Waals surface area contributed by atoms with Crippen LogP contribution in [0.25, 0.3) is 0 Å². The molecule has 1 heterocycles. The fourth-order valence-corrected chi connectivity index (χ4v) is 10.7. The fraction of sp³-hybridized carbons (Fsp3) is 0.905. The molecule has 1 aliphatic heterocycles. The van der Waals surface area contributed by atoms with Crippen LogP contribution in [0.1, 0.15) is 58.3 Å². The summed E-state index contributed by atoms with van der Waals surface area (Å²) >= 11 is 4.32. The first-order chi connectivity index (χ1) is 12.1. The molecule has 2 N–H and O–H groups in total. The van der Waals surface area contributed by atoms with Crippen molar-refractivity contribution < 1.29 is 10.2 Å². The van der Waals surface area contributed by atoms with Crippen LogP contribution in [0.2, 0.25) is 0 Å². The third-order valence-corrected chi connectivity index (χ3v) is 12.0. The second-order valence-electron chi connectivity index (χ2n) is 9.21. The van der Waals surface area contributed by atoms with E-state index in [1.165, 1.54) is 43.6 Å². The third-order valence-electron chi connectivity index (χ3n) is 8.55. The van der Waals surface area contributed by atoms with Crippen LogP contribution in [-0.2, 0) is 0 Å². The monoisotopic (exact) mass is 380 g/mol. The van der Waals surface area contributed by atoms with Crippen LogP contribution in [0.3, 0.4) is 0 Å². The van der Waals surface area contributed by atoms with Gasteiger partial charge in [-0.25, -0.2) is 0 Å². The van der Waals surface area contributed by atoms with Crippen LogP contribution in [0.15, 0.2) is 11.6 Å². The highest BCUT2D eigenvalue weighted by Gasteiger charge is 2.60. The first kappa shape index (κ1) is 17.5. The minimum Gasteiger partial charge on any atom is -0.393 e. The van der Waals surface area contributed by atoms with Gasteiger partial charge in [0.2, 0.25) is 0 Å². The Morgan fingerprint density at radius 1 is 1.12 bits per heavy atom. The van der Waals surface area contributed by atoms with Gasteiger partial charge in [0.15, 0.2) is 0 Å². The molecule has 25 heavy (non-hydrogen) atoms. The SMILES string of the molecule is CC[C@]12C[C@@H](O)[C@H]3[C@@H](CCC4=CC5(CC[C@@H]43)SCCS5)[C@@H]1CC[C@@H]2O. The van der Waals surface area contributed by atoms with Gasteiger partial charge in [0.1, 0.15) is 0 Å². The summed E-state index contributed by atoms with van der Waals surface area (Å²) in [4.78, 5) is 0. The predicted molar refractivity (Wildman–Crippen MR) is 107 cm³/mol. The summed E-state index contributed by atoms with van der Waals surface area (Å²) in [6.07, 6.45) is 11.3. The second kappa shape index (κ2) is 6.18.